The van der Waals surface area contributed by atoms with Gasteiger partial charge in [0.15, 0.2) is 0 Å². The van der Waals surface area contributed by atoms with Gasteiger partial charge in [0.1, 0.15) is 0 Å². The molecule has 1 atom stereocenters. The minimum Gasteiger partial charge on any atom is -0.340 e. The Morgan fingerprint density at radius 2 is 1.92 bits per heavy atom. The van der Waals surface area contributed by atoms with Gasteiger partial charge in [-0.1, -0.05) is 20.8 Å². The molecule has 0 aliphatic carbocycles. The first-order valence-corrected chi connectivity index (χ1v) is 5.12. The summed E-state index contributed by atoms with van der Waals surface area (Å²) in [7, 11) is 0. The number of rotatable bonds is 1. The number of carbonyl (C=O) groups is 1. The van der Waals surface area contributed by atoms with Gasteiger partial charge in [-0.3, -0.25) is 4.79 Å². The van der Waals surface area contributed by atoms with E-state index < -0.39 is 0 Å². The maximum absolute atomic E-state index is 11.6. The molecule has 1 unspecified atom stereocenters. The summed E-state index contributed by atoms with van der Waals surface area (Å²) in [6, 6.07) is 0.361. The van der Waals surface area contributed by atoms with Crippen LogP contribution in [0.2, 0.25) is 0 Å². The van der Waals surface area contributed by atoms with E-state index in [1.807, 2.05) is 4.90 Å². The molecular formula is C11H21NO. The molecule has 0 aromatic carbocycles. The summed E-state index contributed by atoms with van der Waals surface area (Å²) in [6.07, 6.45) is 0.738. The van der Waals surface area contributed by atoms with Crippen LogP contribution in [-0.2, 0) is 4.79 Å². The lowest BCUT2D eigenvalue weighted by atomic mass is 9.80. The van der Waals surface area contributed by atoms with Crippen molar-refractivity contribution in [3.05, 3.63) is 0 Å². The summed E-state index contributed by atoms with van der Waals surface area (Å²) >= 11 is 0. The van der Waals surface area contributed by atoms with Crippen molar-refractivity contribution in [2.24, 2.45) is 11.3 Å². The number of likely N-dealkylation sites (tertiary alicyclic amines) is 1. The van der Waals surface area contributed by atoms with Crippen molar-refractivity contribution in [2.75, 3.05) is 6.54 Å². The predicted molar refractivity (Wildman–Crippen MR) is 54.4 cm³/mol. The molecule has 0 radical (unpaired) electrons. The Morgan fingerprint density at radius 1 is 1.38 bits per heavy atom. The summed E-state index contributed by atoms with van der Waals surface area (Å²) in [5.41, 5.74) is 0.263. The Hall–Kier alpha value is -0.530. The van der Waals surface area contributed by atoms with Crippen LogP contribution in [0.15, 0.2) is 0 Å². The van der Waals surface area contributed by atoms with Crippen molar-refractivity contribution >= 4 is 5.91 Å². The van der Waals surface area contributed by atoms with Gasteiger partial charge in [-0.05, 0) is 25.2 Å². The summed E-state index contributed by atoms with van der Waals surface area (Å²) in [6.45, 7) is 11.8. The lowest BCUT2D eigenvalue weighted by molar-refractivity contribution is -0.129. The number of hydrogen-bond acceptors (Lipinski definition) is 1. The second-order valence-corrected chi connectivity index (χ2v) is 5.41. The summed E-state index contributed by atoms with van der Waals surface area (Å²) in [5, 5.41) is 0. The van der Waals surface area contributed by atoms with Crippen LogP contribution in [0, 0.1) is 11.3 Å². The van der Waals surface area contributed by atoms with Crippen LogP contribution in [0.1, 0.15) is 41.0 Å². The van der Waals surface area contributed by atoms with E-state index in [2.05, 4.69) is 34.6 Å². The van der Waals surface area contributed by atoms with Gasteiger partial charge in [-0.15, -0.1) is 0 Å². The molecule has 1 heterocycles. The molecule has 13 heavy (non-hydrogen) atoms. The zero-order valence-electron chi connectivity index (χ0n) is 9.42. The number of amides is 1. The van der Waals surface area contributed by atoms with Crippen molar-refractivity contribution in [3.63, 3.8) is 0 Å². The topological polar surface area (TPSA) is 20.3 Å². The van der Waals surface area contributed by atoms with E-state index >= 15 is 0 Å². The molecule has 0 saturated carbocycles. The highest BCUT2D eigenvalue weighted by atomic mass is 16.2. The Balaban J connectivity index is 2.66. The molecule has 0 N–H and O–H groups in total. The quantitative estimate of drug-likeness (QED) is 0.611. The lowest BCUT2D eigenvalue weighted by Gasteiger charge is -2.27. The van der Waals surface area contributed by atoms with Crippen molar-refractivity contribution in [3.8, 4) is 0 Å². The third kappa shape index (κ3) is 2.23. The average Bonchev–Trinajstić information content (AvgIpc) is 2.29. The molecule has 2 heteroatoms. The van der Waals surface area contributed by atoms with Crippen molar-refractivity contribution < 1.29 is 4.79 Å². The zero-order valence-corrected chi connectivity index (χ0v) is 9.42. The minimum atomic E-state index is 0.263. The maximum Gasteiger partial charge on any atom is 0.223 e. The van der Waals surface area contributed by atoms with Gasteiger partial charge < -0.3 is 4.90 Å². The first-order chi connectivity index (χ1) is 5.82. The fourth-order valence-electron chi connectivity index (χ4n) is 1.81. The zero-order chi connectivity index (χ0) is 10.2. The molecule has 0 bridgehead atoms. The third-order valence-corrected chi connectivity index (χ3v) is 3.01. The van der Waals surface area contributed by atoms with Crippen LogP contribution in [-0.4, -0.2) is 23.4 Å². The molecule has 1 saturated heterocycles. The van der Waals surface area contributed by atoms with Crippen LogP contribution >= 0.6 is 0 Å². The Bertz CT molecular complexity index is 203. The average molecular weight is 183 g/mol. The lowest BCUT2D eigenvalue weighted by Crippen LogP contribution is -2.33. The second-order valence-electron chi connectivity index (χ2n) is 5.41. The summed E-state index contributed by atoms with van der Waals surface area (Å²) in [4.78, 5) is 13.6. The highest BCUT2D eigenvalue weighted by Crippen LogP contribution is 2.34. The minimum absolute atomic E-state index is 0.263. The van der Waals surface area contributed by atoms with Crippen LogP contribution in [0.4, 0.5) is 0 Å². The first-order valence-electron chi connectivity index (χ1n) is 5.12. The third-order valence-electron chi connectivity index (χ3n) is 3.01. The van der Waals surface area contributed by atoms with Gasteiger partial charge in [0, 0.05) is 19.0 Å². The van der Waals surface area contributed by atoms with E-state index in [-0.39, 0.29) is 5.41 Å². The van der Waals surface area contributed by atoms with Gasteiger partial charge in [-0.2, -0.15) is 0 Å². The Kier molecular flexibility index (Phi) is 2.69. The van der Waals surface area contributed by atoms with Gasteiger partial charge >= 0.3 is 0 Å². The maximum atomic E-state index is 11.6. The largest absolute Gasteiger partial charge is 0.340 e. The van der Waals surface area contributed by atoms with Crippen molar-refractivity contribution in [1.82, 2.24) is 4.90 Å². The Morgan fingerprint density at radius 3 is 2.15 bits per heavy atom. The number of hydrogen-bond donors (Lipinski definition) is 0. The molecule has 2 nitrogen and oxygen atoms in total. The Labute approximate surface area is 81.3 Å². The van der Waals surface area contributed by atoms with E-state index in [1.54, 1.807) is 0 Å². The fourth-order valence-corrected chi connectivity index (χ4v) is 1.81. The monoisotopic (exact) mass is 183 g/mol. The van der Waals surface area contributed by atoms with Gasteiger partial charge in [0.2, 0.25) is 5.91 Å². The van der Waals surface area contributed by atoms with Crippen LogP contribution in [0.5, 0.6) is 0 Å². The summed E-state index contributed by atoms with van der Waals surface area (Å²) in [5.74, 6) is 0.859. The second kappa shape index (κ2) is 3.32. The molecule has 1 fully saturated rings. The van der Waals surface area contributed by atoms with Crippen LogP contribution < -0.4 is 0 Å². The highest BCUT2D eigenvalue weighted by Gasteiger charge is 2.37. The standard InChI is InChI=1S/C11H21NO/c1-8(2)12-7-9(6-10(12)13)11(3,4)5/h8-9H,6-7H2,1-5H3. The van der Waals surface area contributed by atoms with Gasteiger partial charge in [0.05, 0.1) is 0 Å². The fraction of sp³-hybridized carbons (Fsp3) is 0.909. The number of carbonyl (C=O) groups excluding carboxylic acids is 1. The van der Waals surface area contributed by atoms with E-state index in [0.29, 0.717) is 17.9 Å². The molecule has 76 valence electrons. The predicted octanol–water partition coefficient (Wildman–Crippen LogP) is 2.29. The molecular weight excluding hydrogens is 162 g/mol. The molecule has 1 aliphatic rings. The molecule has 0 spiro atoms. The molecule has 0 aromatic rings. The SMILES string of the molecule is CC(C)N1CC(C(C)(C)C)CC1=O. The van der Waals surface area contributed by atoms with E-state index in [1.165, 1.54) is 0 Å². The smallest absolute Gasteiger partial charge is 0.223 e. The molecule has 1 rings (SSSR count). The highest BCUT2D eigenvalue weighted by molar-refractivity contribution is 5.79. The van der Waals surface area contributed by atoms with Gasteiger partial charge in [0.25, 0.3) is 0 Å². The van der Waals surface area contributed by atoms with E-state index in [9.17, 15) is 4.79 Å². The first kappa shape index (κ1) is 10.6. The van der Waals surface area contributed by atoms with Crippen LogP contribution in [0.3, 0.4) is 0 Å². The molecule has 1 aliphatic heterocycles. The summed E-state index contributed by atoms with van der Waals surface area (Å²) < 4.78 is 0. The van der Waals surface area contributed by atoms with Gasteiger partial charge in [-0.25, -0.2) is 0 Å². The molecule has 0 aromatic heterocycles. The van der Waals surface area contributed by atoms with E-state index in [0.717, 1.165) is 13.0 Å². The van der Waals surface area contributed by atoms with Crippen LogP contribution in [0.25, 0.3) is 0 Å². The van der Waals surface area contributed by atoms with Crippen molar-refractivity contribution in [1.29, 1.82) is 0 Å². The van der Waals surface area contributed by atoms with E-state index in [4.69, 9.17) is 0 Å². The van der Waals surface area contributed by atoms with Crippen molar-refractivity contribution in [2.45, 2.75) is 47.1 Å². The number of nitrogens with zero attached hydrogens (tertiary/aromatic N) is 1. The molecule has 1 amide bonds. The normalized spacial score (nSPS) is 24.6.